The first-order chi connectivity index (χ1) is 15.4. The van der Waals surface area contributed by atoms with Crippen molar-refractivity contribution in [3.05, 3.63) is 62.4 Å². The number of rotatable bonds is 0. The molecule has 0 radical (unpaired) electrons. The van der Waals surface area contributed by atoms with Gasteiger partial charge in [0.05, 0.1) is 29.0 Å². The summed E-state index contributed by atoms with van der Waals surface area (Å²) in [5, 5.41) is 11.7. The van der Waals surface area contributed by atoms with E-state index in [1.165, 1.54) is 12.5 Å². The van der Waals surface area contributed by atoms with Gasteiger partial charge in [-0.15, -0.1) is 0 Å². The molecule has 1 aromatic carbocycles. The quantitative estimate of drug-likeness (QED) is 0.411. The van der Waals surface area contributed by atoms with Crippen molar-refractivity contribution in [2.75, 3.05) is 0 Å². The Kier molecular flexibility index (Phi) is 5.43. The number of cyclic esters (lactones) is 1. The Morgan fingerprint density at radius 2 is 1.91 bits per heavy atom. The van der Waals surface area contributed by atoms with Crippen LogP contribution in [0.4, 0.5) is 0 Å². The van der Waals surface area contributed by atoms with Gasteiger partial charge in [0, 0.05) is 22.6 Å². The molecule has 168 valence electrons. The number of aromatic nitrogens is 2. The van der Waals surface area contributed by atoms with Crippen molar-refractivity contribution in [3.8, 4) is 11.4 Å². The van der Waals surface area contributed by atoms with Crippen molar-refractivity contribution in [2.24, 2.45) is 5.73 Å². The number of pyridine rings is 2. The number of esters is 1. The Morgan fingerprint density at radius 1 is 1.19 bits per heavy atom. The predicted octanol–water partition coefficient (Wildman–Crippen LogP) is 3.30. The van der Waals surface area contributed by atoms with Gasteiger partial charge in [-0.25, -0.2) is 9.78 Å². The standard InChI is InChI=1S/C21H17N3O4.2C2H6/c1-21(27)12-6-15-18-10(7-24(15)19(25)11(12)8-28-20(21)26)17-13(22)5-9-3-2-4-14(23-18)16(9)17;2*1-2/h2-4,6,13,27H,5,7-8,22H2,1H3;2*1-2H3/t13-,21-;;/m0../s1. The first-order valence-corrected chi connectivity index (χ1v) is 11.2. The van der Waals surface area contributed by atoms with Gasteiger partial charge < -0.3 is 20.1 Å². The van der Waals surface area contributed by atoms with E-state index >= 15 is 0 Å². The van der Waals surface area contributed by atoms with Gasteiger partial charge in [0.25, 0.3) is 5.56 Å². The molecule has 32 heavy (non-hydrogen) atoms. The first-order valence-electron chi connectivity index (χ1n) is 11.2. The summed E-state index contributed by atoms with van der Waals surface area (Å²) < 4.78 is 6.68. The molecular formula is C25H29N3O4. The van der Waals surface area contributed by atoms with E-state index in [0.717, 1.165) is 28.5 Å². The third-order valence-electron chi connectivity index (χ3n) is 6.28. The first kappa shape index (κ1) is 22.2. The van der Waals surface area contributed by atoms with E-state index in [2.05, 4.69) is 6.07 Å². The van der Waals surface area contributed by atoms with Crippen LogP contribution >= 0.6 is 0 Å². The zero-order chi connectivity index (χ0) is 23.4. The molecule has 7 heteroatoms. The number of hydrogen-bond donors (Lipinski definition) is 2. The summed E-state index contributed by atoms with van der Waals surface area (Å²) in [4.78, 5) is 30.0. The van der Waals surface area contributed by atoms with E-state index in [1.807, 2.05) is 39.8 Å². The van der Waals surface area contributed by atoms with E-state index in [0.29, 0.717) is 29.1 Å². The second-order valence-corrected chi connectivity index (χ2v) is 7.94. The maximum Gasteiger partial charge on any atom is 0.342 e. The Labute approximate surface area is 186 Å². The third-order valence-corrected chi connectivity index (χ3v) is 6.28. The lowest BCUT2D eigenvalue weighted by Gasteiger charge is -2.29. The number of hydrogen-bond acceptors (Lipinski definition) is 6. The summed E-state index contributed by atoms with van der Waals surface area (Å²) in [5.74, 6) is -0.751. The van der Waals surface area contributed by atoms with Crippen molar-refractivity contribution < 1.29 is 14.6 Å². The van der Waals surface area contributed by atoms with E-state index in [9.17, 15) is 14.7 Å². The Balaban J connectivity index is 0.000000582. The zero-order valence-corrected chi connectivity index (χ0v) is 19.2. The highest BCUT2D eigenvalue weighted by molar-refractivity contribution is 5.93. The molecule has 0 fully saturated rings. The molecule has 2 aliphatic heterocycles. The van der Waals surface area contributed by atoms with Crippen LogP contribution in [-0.4, -0.2) is 20.6 Å². The van der Waals surface area contributed by atoms with Gasteiger partial charge in [0.15, 0.2) is 5.60 Å². The summed E-state index contributed by atoms with van der Waals surface area (Å²) in [7, 11) is 0. The highest BCUT2D eigenvalue weighted by Gasteiger charge is 2.43. The molecule has 0 unspecified atom stereocenters. The van der Waals surface area contributed by atoms with Crippen LogP contribution in [0.1, 0.15) is 68.5 Å². The van der Waals surface area contributed by atoms with Crippen molar-refractivity contribution in [1.29, 1.82) is 0 Å². The van der Waals surface area contributed by atoms with E-state index in [4.69, 9.17) is 15.5 Å². The fourth-order valence-electron chi connectivity index (χ4n) is 4.91. The summed E-state index contributed by atoms with van der Waals surface area (Å²) in [6.07, 6.45) is 0.754. The van der Waals surface area contributed by atoms with Gasteiger partial charge in [-0.1, -0.05) is 39.8 Å². The molecule has 0 saturated carbocycles. The molecule has 3 aromatic rings. The number of carbonyl (C=O) groups is 1. The average Bonchev–Trinajstić information content (AvgIpc) is 3.33. The minimum atomic E-state index is -1.86. The van der Waals surface area contributed by atoms with Crippen molar-refractivity contribution in [2.45, 2.75) is 65.8 Å². The molecule has 2 atom stereocenters. The molecule has 1 aliphatic carbocycles. The van der Waals surface area contributed by atoms with E-state index in [1.54, 1.807) is 10.6 Å². The van der Waals surface area contributed by atoms with Crippen LogP contribution in [0.5, 0.6) is 0 Å². The summed E-state index contributed by atoms with van der Waals surface area (Å²) in [6, 6.07) is 7.56. The highest BCUT2D eigenvalue weighted by Crippen LogP contribution is 2.44. The van der Waals surface area contributed by atoms with Crippen molar-refractivity contribution >= 4 is 16.9 Å². The van der Waals surface area contributed by atoms with Crippen LogP contribution in [-0.2, 0) is 34.7 Å². The van der Waals surface area contributed by atoms with Gasteiger partial charge in [-0.2, -0.15) is 0 Å². The molecule has 0 amide bonds. The minimum absolute atomic E-state index is 0.133. The highest BCUT2D eigenvalue weighted by atomic mass is 16.6. The monoisotopic (exact) mass is 435 g/mol. The smallest absolute Gasteiger partial charge is 0.342 e. The maximum atomic E-state index is 13.2. The van der Waals surface area contributed by atoms with E-state index in [-0.39, 0.29) is 18.2 Å². The minimum Gasteiger partial charge on any atom is -0.458 e. The summed E-state index contributed by atoms with van der Waals surface area (Å²) in [5.41, 5.74) is 10.3. The summed E-state index contributed by atoms with van der Waals surface area (Å²) >= 11 is 0. The molecule has 0 spiro atoms. The molecule has 3 aliphatic rings. The molecular weight excluding hydrogens is 406 g/mol. The predicted molar refractivity (Wildman–Crippen MR) is 123 cm³/mol. The third kappa shape index (κ3) is 2.84. The van der Waals surface area contributed by atoms with Gasteiger partial charge in [0.2, 0.25) is 0 Å². The van der Waals surface area contributed by atoms with E-state index < -0.39 is 11.6 Å². The largest absolute Gasteiger partial charge is 0.458 e. The lowest BCUT2D eigenvalue weighted by Crippen LogP contribution is -2.42. The Hall–Kier alpha value is -3.03. The molecule has 4 heterocycles. The van der Waals surface area contributed by atoms with Crippen LogP contribution in [0.25, 0.3) is 22.3 Å². The molecule has 0 saturated heterocycles. The molecule has 0 bridgehead atoms. The van der Waals surface area contributed by atoms with Crippen LogP contribution in [0, 0.1) is 0 Å². The average molecular weight is 436 g/mol. The number of aliphatic hydroxyl groups is 1. The number of fused-ring (bicyclic) bond motifs is 5. The summed E-state index contributed by atoms with van der Waals surface area (Å²) in [6.45, 7) is 9.61. The molecule has 2 aromatic heterocycles. The number of carbonyl (C=O) groups excluding carboxylic acids is 1. The molecule has 3 N–H and O–H groups in total. The topological polar surface area (TPSA) is 107 Å². The van der Waals surface area contributed by atoms with Crippen molar-refractivity contribution in [3.63, 3.8) is 0 Å². The van der Waals surface area contributed by atoms with Gasteiger partial charge in [0.1, 0.15) is 6.61 Å². The lowest BCUT2D eigenvalue weighted by atomic mass is 9.89. The molecule has 6 rings (SSSR count). The normalized spacial score (nSPS) is 21.5. The van der Waals surface area contributed by atoms with Crippen molar-refractivity contribution in [1.82, 2.24) is 9.55 Å². The fourth-order valence-corrected chi connectivity index (χ4v) is 4.91. The van der Waals surface area contributed by atoms with Crippen LogP contribution < -0.4 is 11.3 Å². The Morgan fingerprint density at radius 3 is 2.62 bits per heavy atom. The second kappa shape index (κ2) is 7.83. The number of ether oxygens (including phenoxy) is 1. The van der Waals surface area contributed by atoms with Crippen LogP contribution in [0.2, 0.25) is 0 Å². The van der Waals surface area contributed by atoms with Gasteiger partial charge in [-0.3, -0.25) is 4.79 Å². The fraction of sp³-hybridized carbons (Fsp3) is 0.400. The van der Waals surface area contributed by atoms with Gasteiger partial charge >= 0.3 is 5.97 Å². The number of benzene rings is 1. The lowest BCUT2D eigenvalue weighted by molar-refractivity contribution is -0.169. The second-order valence-electron chi connectivity index (χ2n) is 7.94. The molecule has 7 nitrogen and oxygen atoms in total. The van der Waals surface area contributed by atoms with Crippen LogP contribution in [0.3, 0.4) is 0 Å². The zero-order valence-electron chi connectivity index (χ0n) is 19.2. The SMILES string of the molecule is CC.CC.C[C@@]1(O)C(=O)OCc2c1cc1n(c2=O)Cc2c-1nc1cccc3c1c2[C@@H](N)C3. The number of nitrogens with zero attached hydrogens (tertiary/aromatic N) is 2. The van der Waals surface area contributed by atoms with Gasteiger partial charge in [-0.05, 0) is 36.6 Å². The Bertz CT molecular complexity index is 1310. The van der Waals surface area contributed by atoms with Crippen LogP contribution in [0.15, 0.2) is 29.1 Å². The number of nitrogens with two attached hydrogens (primary N) is 1. The maximum absolute atomic E-state index is 13.2.